The summed E-state index contributed by atoms with van der Waals surface area (Å²) < 4.78 is 0. The first-order valence-corrected chi connectivity index (χ1v) is 3.10. The Morgan fingerprint density at radius 1 is 1.44 bits per heavy atom. The minimum Gasteiger partial charge on any atom is -0.323 e. The van der Waals surface area contributed by atoms with E-state index < -0.39 is 0 Å². The molecule has 3 heteroatoms. The van der Waals surface area contributed by atoms with E-state index in [4.69, 9.17) is 0 Å². The molecule has 50 valence electrons. The SMILES string of the molecule is C=NC(=O)N1CCCC1. The molecule has 1 aliphatic heterocycles. The fourth-order valence-corrected chi connectivity index (χ4v) is 1.01. The molecule has 0 N–H and O–H groups in total. The number of aliphatic imine (C=N–C) groups is 1. The molecular formula is C6H10N2O. The van der Waals surface area contributed by atoms with Crippen LogP contribution < -0.4 is 0 Å². The number of rotatable bonds is 0. The van der Waals surface area contributed by atoms with E-state index in [1.807, 2.05) is 0 Å². The van der Waals surface area contributed by atoms with Crippen LogP contribution in [0.25, 0.3) is 0 Å². The molecule has 0 saturated carbocycles. The van der Waals surface area contributed by atoms with Crippen LogP contribution in [0.5, 0.6) is 0 Å². The van der Waals surface area contributed by atoms with Gasteiger partial charge in [0.05, 0.1) is 0 Å². The van der Waals surface area contributed by atoms with Crippen LogP contribution in [-0.2, 0) is 0 Å². The quantitative estimate of drug-likeness (QED) is 0.444. The van der Waals surface area contributed by atoms with Crippen LogP contribution in [-0.4, -0.2) is 30.7 Å². The molecule has 1 rings (SSSR count). The molecule has 0 spiro atoms. The normalized spacial score (nSPS) is 18.0. The minimum atomic E-state index is -0.174. The molecule has 0 aliphatic carbocycles. The van der Waals surface area contributed by atoms with Crippen molar-refractivity contribution in [1.29, 1.82) is 0 Å². The molecule has 0 unspecified atom stereocenters. The standard InChI is InChI=1S/C6H10N2O/c1-7-6(9)8-4-2-3-5-8/h1-5H2. The molecule has 0 aromatic heterocycles. The van der Waals surface area contributed by atoms with E-state index in [-0.39, 0.29) is 6.03 Å². The largest absolute Gasteiger partial charge is 0.342 e. The molecule has 9 heavy (non-hydrogen) atoms. The van der Waals surface area contributed by atoms with Gasteiger partial charge in [-0.1, -0.05) is 0 Å². The summed E-state index contributed by atoms with van der Waals surface area (Å²) in [6.45, 7) is 4.88. The number of likely N-dealkylation sites (tertiary alicyclic amines) is 1. The monoisotopic (exact) mass is 126 g/mol. The van der Waals surface area contributed by atoms with Gasteiger partial charge in [-0.2, -0.15) is 0 Å². The predicted octanol–water partition coefficient (Wildman–Crippen LogP) is 0.903. The van der Waals surface area contributed by atoms with Crippen LogP contribution in [0.1, 0.15) is 12.8 Å². The van der Waals surface area contributed by atoms with Gasteiger partial charge in [-0.25, -0.2) is 9.79 Å². The molecule has 0 aromatic rings. The molecule has 0 radical (unpaired) electrons. The summed E-state index contributed by atoms with van der Waals surface area (Å²) in [6.07, 6.45) is 2.22. The van der Waals surface area contributed by atoms with Crippen molar-refractivity contribution in [3.63, 3.8) is 0 Å². The highest BCUT2D eigenvalue weighted by Crippen LogP contribution is 2.07. The lowest BCUT2D eigenvalue weighted by molar-refractivity contribution is 0.219. The van der Waals surface area contributed by atoms with Crippen LogP contribution in [0.2, 0.25) is 0 Å². The number of carbonyl (C=O) groups excluding carboxylic acids is 1. The average Bonchev–Trinajstić information content (AvgIpc) is 2.37. The lowest BCUT2D eigenvalue weighted by Crippen LogP contribution is -2.23. The van der Waals surface area contributed by atoms with Crippen molar-refractivity contribution in [2.75, 3.05) is 13.1 Å². The summed E-state index contributed by atoms with van der Waals surface area (Å²) in [6, 6.07) is -0.174. The van der Waals surface area contributed by atoms with Gasteiger partial charge in [0.15, 0.2) is 0 Å². The van der Waals surface area contributed by atoms with E-state index in [1.165, 1.54) is 0 Å². The molecule has 3 nitrogen and oxygen atoms in total. The van der Waals surface area contributed by atoms with Crippen molar-refractivity contribution in [3.05, 3.63) is 0 Å². The first-order chi connectivity index (χ1) is 4.34. The molecule has 0 atom stereocenters. The summed E-state index contributed by atoms with van der Waals surface area (Å²) >= 11 is 0. The lowest BCUT2D eigenvalue weighted by atomic mass is 10.4. The van der Waals surface area contributed by atoms with Gasteiger partial charge in [0.25, 0.3) is 0 Å². The molecular weight excluding hydrogens is 116 g/mol. The van der Waals surface area contributed by atoms with Crippen LogP contribution in [0, 0.1) is 0 Å². The Balaban J connectivity index is 2.41. The Morgan fingerprint density at radius 2 is 2.00 bits per heavy atom. The summed E-state index contributed by atoms with van der Waals surface area (Å²) in [5.41, 5.74) is 0. The molecule has 2 amide bonds. The number of amides is 2. The Kier molecular flexibility index (Phi) is 1.82. The Bertz CT molecular complexity index is 127. The second-order valence-electron chi connectivity index (χ2n) is 2.13. The molecule has 1 fully saturated rings. The summed E-state index contributed by atoms with van der Waals surface area (Å²) in [7, 11) is 0. The lowest BCUT2D eigenvalue weighted by Gasteiger charge is -2.09. The Hall–Kier alpha value is -0.860. The number of urea groups is 1. The van der Waals surface area contributed by atoms with Crippen molar-refractivity contribution < 1.29 is 4.79 Å². The highest BCUT2D eigenvalue weighted by molar-refractivity contribution is 5.79. The number of carbonyl (C=O) groups is 1. The highest BCUT2D eigenvalue weighted by Gasteiger charge is 2.15. The fraction of sp³-hybridized carbons (Fsp3) is 0.667. The predicted molar refractivity (Wildman–Crippen MR) is 35.8 cm³/mol. The van der Waals surface area contributed by atoms with Crippen molar-refractivity contribution in [2.45, 2.75) is 12.8 Å². The zero-order valence-electron chi connectivity index (χ0n) is 5.34. The summed E-state index contributed by atoms with van der Waals surface area (Å²) in [5.74, 6) is 0. The van der Waals surface area contributed by atoms with Gasteiger partial charge in [0.1, 0.15) is 0 Å². The molecule has 1 saturated heterocycles. The summed E-state index contributed by atoms with van der Waals surface area (Å²) in [5, 5.41) is 0. The third kappa shape index (κ3) is 1.28. The number of nitrogens with zero attached hydrogens (tertiary/aromatic N) is 2. The van der Waals surface area contributed by atoms with Crippen LogP contribution in [0.15, 0.2) is 4.99 Å². The first-order valence-electron chi connectivity index (χ1n) is 3.10. The van der Waals surface area contributed by atoms with E-state index in [1.54, 1.807) is 4.90 Å². The third-order valence-electron chi connectivity index (χ3n) is 1.51. The average molecular weight is 126 g/mol. The smallest absolute Gasteiger partial charge is 0.323 e. The molecule has 0 bridgehead atoms. The molecule has 1 aliphatic rings. The minimum absolute atomic E-state index is 0.174. The maximum absolute atomic E-state index is 10.7. The second kappa shape index (κ2) is 2.62. The van der Waals surface area contributed by atoms with Gasteiger partial charge < -0.3 is 4.90 Å². The fourth-order valence-electron chi connectivity index (χ4n) is 1.01. The highest BCUT2D eigenvalue weighted by atomic mass is 16.2. The maximum atomic E-state index is 10.7. The van der Waals surface area contributed by atoms with Crippen molar-refractivity contribution in [2.24, 2.45) is 4.99 Å². The van der Waals surface area contributed by atoms with Gasteiger partial charge in [-0.05, 0) is 19.6 Å². The maximum Gasteiger partial charge on any atom is 0.342 e. The van der Waals surface area contributed by atoms with E-state index in [0.29, 0.717) is 0 Å². The zero-order valence-corrected chi connectivity index (χ0v) is 5.34. The van der Waals surface area contributed by atoms with E-state index in [0.717, 1.165) is 25.9 Å². The van der Waals surface area contributed by atoms with Crippen LogP contribution in [0.3, 0.4) is 0 Å². The Morgan fingerprint density at radius 3 is 2.44 bits per heavy atom. The topological polar surface area (TPSA) is 32.7 Å². The molecule has 1 heterocycles. The van der Waals surface area contributed by atoms with Crippen molar-refractivity contribution in [3.8, 4) is 0 Å². The second-order valence-corrected chi connectivity index (χ2v) is 2.13. The van der Waals surface area contributed by atoms with Crippen LogP contribution in [0.4, 0.5) is 4.79 Å². The van der Waals surface area contributed by atoms with Crippen LogP contribution >= 0.6 is 0 Å². The van der Waals surface area contributed by atoms with Crippen molar-refractivity contribution >= 4 is 12.7 Å². The summed E-state index contributed by atoms with van der Waals surface area (Å²) in [4.78, 5) is 15.7. The van der Waals surface area contributed by atoms with E-state index in [9.17, 15) is 4.79 Å². The Labute approximate surface area is 54.4 Å². The first kappa shape index (κ1) is 6.26. The van der Waals surface area contributed by atoms with Gasteiger partial charge >= 0.3 is 6.03 Å². The third-order valence-corrected chi connectivity index (χ3v) is 1.51. The van der Waals surface area contributed by atoms with Gasteiger partial charge in [0.2, 0.25) is 0 Å². The van der Waals surface area contributed by atoms with Gasteiger partial charge in [0, 0.05) is 13.1 Å². The van der Waals surface area contributed by atoms with E-state index in [2.05, 4.69) is 11.7 Å². The molecule has 0 aromatic carbocycles. The zero-order chi connectivity index (χ0) is 6.69. The number of hydrogen-bond donors (Lipinski definition) is 0. The number of hydrogen-bond acceptors (Lipinski definition) is 1. The van der Waals surface area contributed by atoms with Crippen molar-refractivity contribution in [1.82, 2.24) is 4.90 Å². The van der Waals surface area contributed by atoms with E-state index >= 15 is 0 Å². The van der Waals surface area contributed by atoms with Gasteiger partial charge in [-0.3, -0.25) is 0 Å². The van der Waals surface area contributed by atoms with Gasteiger partial charge in [-0.15, -0.1) is 0 Å².